The normalized spacial score (nSPS) is 10.5. The van der Waals surface area contributed by atoms with Crippen molar-refractivity contribution < 1.29 is 19.3 Å². The third-order valence-corrected chi connectivity index (χ3v) is 4.78. The zero-order valence-electron chi connectivity index (χ0n) is 17.4. The van der Waals surface area contributed by atoms with Crippen LogP contribution in [0.25, 0.3) is 34.2 Å². The van der Waals surface area contributed by atoms with Crippen molar-refractivity contribution in [2.45, 2.75) is 0 Å². The molecule has 0 atom stereocenters. The molecular formula is C24H21N3O4. The van der Waals surface area contributed by atoms with E-state index in [1.165, 1.54) is 6.07 Å². The summed E-state index contributed by atoms with van der Waals surface area (Å²) in [5.41, 5.74) is 2.08. The van der Waals surface area contributed by atoms with Gasteiger partial charge in [-0.1, -0.05) is 0 Å². The zero-order valence-corrected chi connectivity index (χ0v) is 17.4. The molecule has 3 aromatic carbocycles. The number of hydrogen-bond acceptors (Lipinski definition) is 7. The van der Waals surface area contributed by atoms with Crippen LogP contribution in [0.4, 0.5) is 0 Å². The number of aromatic hydroxyl groups is 1. The summed E-state index contributed by atoms with van der Waals surface area (Å²) in [5.74, 6) is 3.35. The third kappa shape index (κ3) is 4.25. The van der Waals surface area contributed by atoms with Crippen molar-refractivity contribution in [1.29, 1.82) is 0 Å². The van der Waals surface area contributed by atoms with E-state index in [4.69, 9.17) is 14.2 Å². The van der Waals surface area contributed by atoms with Crippen LogP contribution in [0.1, 0.15) is 0 Å². The molecule has 0 saturated heterocycles. The standard InChI is InChI=1S/C24H21N3O4/c1-29-17-8-4-15(5-9-17)22-25-23(16-6-10-18(30-2)11-7-16)27-24(26-22)20-13-12-19(31-3)14-21(20)28/h4-14,28H,1-3H3. The highest BCUT2D eigenvalue weighted by Crippen LogP contribution is 2.33. The number of benzene rings is 3. The summed E-state index contributed by atoms with van der Waals surface area (Å²) in [7, 11) is 4.77. The minimum absolute atomic E-state index is 0.0203. The van der Waals surface area contributed by atoms with Gasteiger partial charge in [0.15, 0.2) is 17.5 Å². The molecular weight excluding hydrogens is 394 g/mol. The Labute approximate surface area is 179 Å². The molecule has 0 aliphatic carbocycles. The molecule has 0 saturated carbocycles. The highest BCUT2D eigenvalue weighted by molar-refractivity contribution is 5.70. The monoisotopic (exact) mass is 415 g/mol. The van der Waals surface area contributed by atoms with Crippen molar-refractivity contribution in [3.05, 3.63) is 66.7 Å². The van der Waals surface area contributed by atoms with Gasteiger partial charge in [0.05, 0.1) is 26.9 Å². The Kier molecular flexibility index (Phi) is 5.66. The first kappa shape index (κ1) is 20.2. The minimum Gasteiger partial charge on any atom is -0.507 e. The van der Waals surface area contributed by atoms with Crippen molar-refractivity contribution in [2.24, 2.45) is 0 Å². The molecule has 0 fully saturated rings. The predicted molar refractivity (Wildman–Crippen MR) is 117 cm³/mol. The molecule has 0 aliphatic rings. The maximum absolute atomic E-state index is 10.5. The minimum atomic E-state index is 0.0203. The Morgan fingerprint density at radius 2 is 0.968 bits per heavy atom. The molecule has 0 aliphatic heterocycles. The summed E-state index contributed by atoms with van der Waals surface area (Å²) in [6.07, 6.45) is 0. The Morgan fingerprint density at radius 1 is 0.548 bits per heavy atom. The second-order valence-electron chi connectivity index (χ2n) is 6.65. The van der Waals surface area contributed by atoms with Crippen LogP contribution in [0.15, 0.2) is 66.7 Å². The second kappa shape index (κ2) is 8.71. The molecule has 0 bridgehead atoms. The number of aromatic nitrogens is 3. The first-order valence-corrected chi connectivity index (χ1v) is 9.53. The SMILES string of the molecule is COc1ccc(-c2nc(-c3ccc(OC)cc3)nc(-c3ccc(OC)cc3O)n2)cc1. The van der Waals surface area contributed by atoms with E-state index in [9.17, 15) is 5.11 Å². The molecule has 0 amide bonds. The average molecular weight is 415 g/mol. The van der Waals surface area contributed by atoms with Crippen LogP contribution in [0, 0.1) is 0 Å². The third-order valence-electron chi connectivity index (χ3n) is 4.78. The van der Waals surface area contributed by atoms with E-state index in [0.717, 1.165) is 22.6 Å². The number of hydrogen-bond donors (Lipinski definition) is 1. The number of phenolic OH excluding ortho intramolecular Hbond substituents is 1. The molecule has 0 unspecified atom stereocenters. The molecule has 7 nitrogen and oxygen atoms in total. The van der Waals surface area contributed by atoms with Gasteiger partial charge in [-0.05, 0) is 60.7 Å². The molecule has 1 aromatic heterocycles. The predicted octanol–water partition coefficient (Wildman–Crippen LogP) is 4.60. The molecule has 0 radical (unpaired) electrons. The van der Waals surface area contributed by atoms with E-state index in [2.05, 4.69) is 15.0 Å². The van der Waals surface area contributed by atoms with Crippen molar-refractivity contribution in [1.82, 2.24) is 15.0 Å². The highest BCUT2D eigenvalue weighted by atomic mass is 16.5. The zero-order chi connectivity index (χ0) is 21.8. The highest BCUT2D eigenvalue weighted by Gasteiger charge is 2.15. The van der Waals surface area contributed by atoms with Gasteiger partial charge >= 0.3 is 0 Å². The number of methoxy groups -OCH3 is 3. The molecule has 4 rings (SSSR count). The Balaban J connectivity index is 1.87. The summed E-state index contributed by atoms with van der Waals surface area (Å²) in [6, 6.07) is 19.9. The maximum Gasteiger partial charge on any atom is 0.167 e. The quantitative estimate of drug-likeness (QED) is 0.492. The summed E-state index contributed by atoms with van der Waals surface area (Å²) in [5, 5.41) is 10.5. The van der Waals surface area contributed by atoms with Gasteiger partial charge in [-0.3, -0.25) is 0 Å². The number of ether oxygens (including phenoxy) is 3. The first-order valence-electron chi connectivity index (χ1n) is 9.53. The van der Waals surface area contributed by atoms with Gasteiger partial charge in [0.25, 0.3) is 0 Å². The van der Waals surface area contributed by atoms with Crippen LogP contribution in [0.5, 0.6) is 23.0 Å². The van der Waals surface area contributed by atoms with E-state index in [-0.39, 0.29) is 5.75 Å². The lowest BCUT2D eigenvalue weighted by Gasteiger charge is -2.10. The van der Waals surface area contributed by atoms with Gasteiger partial charge < -0.3 is 19.3 Å². The van der Waals surface area contributed by atoms with Crippen molar-refractivity contribution in [3.63, 3.8) is 0 Å². The Bertz CT molecular complexity index is 1130. The Morgan fingerprint density at radius 3 is 1.39 bits per heavy atom. The number of rotatable bonds is 6. The van der Waals surface area contributed by atoms with Gasteiger partial charge in [0.2, 0.25) is 0 Å². The van der Waals surface area contributed by atoms with E-state index < -0.39 is 0 Å². The molecule has 156 valence electrons. The average Bonchev–Trinajstić information content (AvgIpc) is 2.83. The van der Waals surface area contributed by atoms with Crippen LogP contribution in [-0.4, -0.2) is 41.4 Å². The van der Waals surface area contributed by atoms with E-state index in [1.807, 2.05) is 48.5 Å². The van der Waals surface area contributed by atoms with Crippen LogP contribution < -0.4 is 14.2 Å². The van der Waals surface area contributed by atoms with Gasteiger partial charge in [-0.25, -0.2) is 15.0 Å². The number of phenols is 1. The van der Waals surface area contributed by atoms with Crippen molar-refractivity contribution in [2.75, 3.05) is 21.3 Å². The lowest BCUT2D eigenvalue weighted by Crippen LogP contribution is -2.00. The fourth-order valence-corrected chi connectivity index (χ4v) is 3.06. The van der Waals surface area contributed by atoms with Gasteiger partial charge in [0, 0.05) is 17.2 Å². The van der Waals surface area contributed by atoms with E-state index in [0.29, 0.717) is 28.8 Å². The lowest BCUT2D eigenvalue weighted by molar-refractivity contribution is 0.408. The topological polar surface area (TPSA) is 86.6 Å². The largest absolute Gasteiger partial charge is 0.507 e. The molecule has 1 heterocycles. The lowest BCUT2D eigenvalue weighted by atomic mass is 10.1. The van der Waals surface area contributed by atoms with E-state index >= 15 is 0 Å². The molecule has 7 heteroatoms. The van der Waals surface area contributed by atoms with Crippen LogP contribution in [0.3, 0.4) is 0 Å². The fraction of sp³-hybridized carbons (Fsp3) is 0.125. The second-order valence-corrected chi connectivity index (χ2v) is 6.65. The summed E-state index contributed by atoms with van der Waals surface area (Å²) < 4.78 is 15.7. The van der Waals surface area contributed by atoms with E-state index in [1.54, 1.807) is 33.5 Å². The van der Waals surface area contributed by atoms with Crippen LogP contribution in [0.2, 0.25) is 0 Å². The summed E-state index contributed by atoms with van der Waals surface area (Å²) in [6.45, 7) is 0. The summed E-state index contributed by atoms with van der Waals surface area (Å²) >= 11 is 0. The van der Waals surface area contributed by atoms with Crippen molar-refractivity contribution >= 4 is 0 Å². The first-order chi connectivity index (χ1) is 15.1. The van der Waals surface area contributed by atoms with Crippen LogP contribution >= 0.6 is 0 Å². The molecule has 1 N–H and O–H groups in total. The molecule has 31 heavy (non-hydrogen) atoms. The molecule has 4 aromatic rings. The van der Waals surface area contributed by atoms with Gasteiger partial charge in [-0.15, -0.1) is 0 Å². The smallest absolute Gasteiger partial charge is 0.167 e. The van der Waals surface area contributed by atoms with Gasteiger partial charge in [0.1, 0.15) is 23.0 Å². The summed E-state index contributed by atoms with van der Waals surface area (Å²) in [4.78, 5) is 13.9. The number of nitrogens with zero attached hydrogens (tertiary/aromatic N) is 3. The van der Waals surface area contributed by atoms with Gasteiger partial charge in [-0.2, -0.15) is 0 Å². The van der Waals surface area contributed by atoms with Crippen molar-refractivity contribution in [3.8, 4) is 57.2 Å². The van der Waals surface area contributed by atoms with Crippen LogP contribution in [-0.2, 0) is 0 Å². The fourth-order valence-electron chi connectivity index (χ4n) is 3.06. The molecule has 0 spiro atoms. The maximum atomic E-state index is 10.5. The Hall–Kier alpha value is -4.13.